The van der Waals surface area contributed by atoms with Crippen molar-refractivity contribution in [3.05, 3.63) is 35.7 Å². The third-order valence-electron chi connectivity index (χ3n) is 2.35. The summed E-state index contributed by atoms with van der Waals surface area (Å²) in [5, 5.41) is 4.19. The summed E-state index contributed by atoms with van der Waals surface area (Å²) >= 11 is 3.22. The molecule has 0 aliphatic rings. The van der Waals surface area contributed by atoms with E-state index in [0.29, 0.717) is 0 Å². The largest absolute Gasteiger partial charge is 0.360 e. The zero-order chi connectivity index (χ0) is 12.8. The average molecular weight is 279 g/mol. The molecule has 1 N–H and O–H groups in total. The first-order valence-corrected chi connectivity index (χ1v) is 7.79. The predicted molar refractivity (Wildman–Crippen MR) is 79.4 cm³/mol. The average Bonchev–Trinajstić information content (AvgIpc) is 2.82. The van der Waals surface area contributed by atoms with Crippen molar-refractivity contribution in [2.75, 3.05) is 11.9 Å². The highest BCUT2D eigenvalue weighted by molar-refractivity contribution is 7.98. The molecule has 0 saturated heterocycles. The number of nitrogens with zero attached hydrogens (tertiary/aromatic N) is 2. The molecule has 2 aromatic rings. The molecule has 3 nitrogen and oxygen atoms in total. The molecule has 0 saturated carbocycles. The summed E-state index contributed by atoms with van der Waals surface area (Å²) in [7, 11) is 0. The van der Waals surface area contributed by atoms with Crippen LogP contribution in [0.3, 0.4) is 0 Å². The maximum absolute atomic E-state index is 4.46. The highest BCUT2D eigenvalue weighted by Crippen LogP contribution is 2.23. The van der Waals surface area contributed by atoms with Gasteiger partial charge in [0.1, 0.15) is 0 Å². The van der Waals surface area contributed by atoms with E-state index in [4.69, 9.17) is 0 Å². The third-order valence-corrected chi connectivity index (χ3v) is 4.05. The second kappa shape index (κ2) is 6.75. The van der Waals surface area contributed by atoms with Crippen molar-refractivity contribution < 1.29 is 0 Å². The Hall–Kier alpha value is -1.07. The molecular formula is C13H17N3S2. The molecule has 1 heterocycles. The van der Waals surface area contributed by atoms with Crippen LogP contribution in [0.5, 0.6) is 0 Å². The van der Waals surface area contributed by atoms with Crippen LogP contribution in [0.2, 0.25) is 0 Å². The van der Waals surface area contributed by atoms with Gasteiger partial charge in [-0.2, -0.15) is 4.37 Å². The number of benzene rings is 1. The number of anilines is 1. The van der Waals surface area contributed by atoms with E-state index < -0.39 is 0 Å². The van der Waals surface area contributed by atoms with Crippen LogP contribution in [0.1, 0.15) is 24.7 Å². The minimum Gasteiger partial charge on any atom is -0.360 e. The van der Waals surface area contributed by atoms with Gasteiger partial charge in [-0.1, -0.05) is 24.6 Å². The number of hydrogen-bond donors (Lipinski definition) is 1. The van der Waals surface area contributed by atoms with E-state index in [1.54, 1.807) is 11.8 Å². The van der Waals surface area contributed by atoms with Gasteiger partial charge >= 0.3 is 0 Å². The van der Waals surface area contributed by atoms with Crippen LogP contribution in [0.25, 0.3) is 0 Å². The van der Waals surface area contributed by atoms with Gasteiger partial charge in [-0.25, -0.2) is 4.98 Å². The van der Waals surface area contributed by atoms with Crippen molar-refractivity contribution in [1.82, 2.24) is 9.36 Å². The molecule has 5 heteroatoms. The quantitative estimate of drug-likeness (QED) is 0.812. The summed E-state index contributed by atoms with van der Waals surface area (Å²) in [6.07, 6.45) is 1.10. The smallest absolute Gasteiger partial charge is 0.202 e. The Labute approximate surface area is 116 Å². The highest BCUT2D eigenvalue weighted by Gasteiger charge is 2.04. The van der Waals surface area contributed by atoms with Crippen molar-refractivity contribution in [3.8, 4) is 0 Å². The molecule has 0 unspecified atom stereocenters. The molecule has 0 fully saturated rings. The summed E-state index contributed by atoms with van der Waals surface area (Å²) in [6, 6.07) is 8.51. The van der Waals surface area contributed by atoms with Crippen molar-refractivity contribution in [3.63, 3.8) is 0 Å². The first-order valence-electron chi connectivity index (χ1n) is 6.04. The van der Waals surface area contributed by atoms with Gasteiger partial charge in [-0.05, 0) is 25.5 Å². The molecule has 0 radical (unpaired) electrons. The SMILES string of the molecule is CCCNc1nc(CSc2cccc(C)c2)ns1. The van der Waals surface area contributed by atoms with E-state index in [0.717, 1.165) is 29.7 Å². The Balaban J connectivity index is 1.88. The molecule has 0 atom stereocenters. The van der Waals surface area contributed by atoms with Crippen LogP contribution in [0.4, 0.5) is 5.13 Å². The summed E-state index contributed by atoms with van der Waals surface area (Å²) in [4.78, 5) is 5.73. The van der Waals surface area contributed by atoms with Crippen LogP contribution in [0.15, 0.2) is 29.2 Å². The Morgan fingerprint density at radius 2 is 2.28 bits per heavy atom. The van der Waals surface area contributed by atoms with E-state index in [1.807, 2.05) is 0 Å². The van der Waals surface area contributed by atoms with Crippen molar-refractivity contribution in [1.29, 1.82) is 0 Å². The lowest BCUT2D eigenvalue weighted by Gasteiger charge is -2.00. The third kappa shape index (κ3) is 3.99. The number of nitrogens with one attached hydrogen (secondary N) is 1. The minimum atomic E-state index is 0.827. The number of thioether (sulfide) groups is 1. The molecule has 1 aromatic carbocycles. The molecule has 0 bridgehead atoms. The van der Waals surface area contributed by atoms with Gasteiger partial charge < -0.3 is 5.32 Å². The Morgan fingerprint density at radius 3 is 3.06 bits per heavy atom. The second-order valence-electron chi connectivity index (χ2n) is 4.05. The summed E-state index contributed by atoms with van der Waals surface area (Å²) in [6.45, 7) is 5.21. The molecule has 0 aliphatic heterocycles. The van der Waals surface area contributed by atoms with E-state index >= 15 is 0 Å². The second-order valence-corrected chi connectivity index (χ2v) is 5.85. The molecule has 2 rings (SSSR count). The molecule has 18 heavy (non-hydrogen) atoms. The zero-order valence-electron chi connectivity index (χ0n) is 10.6. The van der Waals surface area contributed by atoms with Gasteiger partial charge in [0.25, 0.3) is 0 Å². The van der Waals surface area contributed by atoms with Crippen LogP contribution in [-0.2, 0) is 5.75 Å². The van der Waals surface area contributed by atoms with Gasteiger partial charge in [0.05, 0.1) is 5.75 Å². The fourth-order valence-electron chi connectivity index (χ4n) is 1.47. The van der Waals surface area contributed by atoms with Crippen molar-refractivity contribution in [2.24, 2.45) is 0 Å². The van der Waals surface area contributed by atoms with E-state index in [2.05, 4.69) is 52.8 Å². The van der Waals surface area contributed by atoms with Crippen LogP contribution < -0.4 is 5.32 Å². The number of rotatable bonds is 6. The van der Waals surface area contributed by atoms with Gasteiger partial charge in [-0.3, -0.25) is 0 Å². The lowest BCUT2D eigenvalue weighted by atomic mass is 10.2. The molecule has 1 aromatic heterocycles. The summed E-state index contributed by atoms with van der Waals surface area (Å²) in [5.74, 6) is 1.73. The lowest BCUT2D eigenvalue weighted by molar-refractivity contribution is 0.972. The van der Waals surface area contributed by atoms with Crippen molar-refractivity contribution >= 4 is 28.4 Å². The molecule has 0 amide bonds. The number of hydrogen-bond acceptors (Lipinski definition) is 5. The molecule has 0 spiro atoms. The Kier molecular flexibility index (Phi) is 5.01. The summed E-state index contributed by atoms with van der Waals surface area (Å²) in [5.41, 5.74) is 1.29. The standard InChI is InChI=1S/C13H17N3S2/c1-3-7-14-13-15-12(16-18-13)9-17-11-6-4-5-10(2)8-11/h4-6,8H,3,7,9H2,1-2H3,(H,14,15,16). The van der Waals surface area contributed by atoms with Gasteiger partial charge in [-0.15, -0.1) is 11.8 Å². The Bertz CT molecular complexity index is 496. The fraction of sp³-hybridized carbons (Fsp3) is 0.385. The molecule has 96 valence electrons. The molecular weight excluding hydrogens is 262 g/mol. The monoisotopic (exact) mass is 279 g/mol. The first kappa shape index (κ1) is 13.4. The minimum absolute atomic E-state index is 0.827. The van der Waals surface area contributed by atoms with E-state index in [9.17, 15) is 0 Å². The van der Waals surface area contributed by atoms with Gasteiger partial charge in [0, 0.05) is 23.0 Å². The normalized spacial score (nSPS) is 10.6. The molecule has 0 aliphatic carbocycles. The lowest BCUT2D eigenvalue weighted by Crippen LogP contribution is -1.98. The van der Waals surface area contributed by atoms with E-state index in [1.165, 1.54) is 22.0 Å². The maximum Gasteiger partial charge on any atom is 0.202 e. The topological polar surface area (TPSA) is 37.8 Å². The van der Waals surface area contributed by atoms with Gasteiger partial charge in [0.2, 0.25) is 5.13 Å². The van der Waals surface area contributed by atoms with Gasteiger partial charge in [0.15, 0.2) is 5.82 Å². The highest BCUT2D eigenvalue weighted by atomic mass is 32.2. The summed E-state index contributed by atoms with van der Waals surface area (Å²) < 4.78 is 4.35. The number of aromatic nitrogens is 2. The van der Waals surface area contributed by atoms with Crippen LogP contribution in [-0.4, -0.2) is 15.9 Å². The maximum atomic E-state index is 4.46. The first-order chi connectivity index (χ1) is 8.78. The predicted octanol–water partition coefficient (Wildman–Crippen LogP) is 3.96. The fourth-order valence-corrected chi connectivity index (χ4v) is 3.03. The van der Waals surface area contributed by atoms with Crippen molar-refractivity contribution in [2.45, 2.75) is 30.9 Å². The van der Waals surface area contributed by atoms with Crippen LogP contribution >= 0.6 is 23.3 Å². The van der Waals surface area contributed by atoms with E-state index in [-0.39, 0.29) is 0 Å². The van der Waals surface area contributed by atoms with Crippen LogP contribution in [0, 0.1) is 6.92 Å². The zero-order valence-corrected chi connectivity index (χ0v) is 12.3. The number of aryl methyl sites for hydroxylation is 1. The Morgan fingerprint density at radius 1 is 1.39 bits per heavy atom.